The second-order valence-corrected chi connectivity index (χ2v) is 5.78. The molecule has 2 aliphatic heterocycles. The second kappa shape index (κ2) is 5.65. The van der Waals surface area contributed by atoms with Gasteiger partial charge >= 0.3 is 0 Å². The number of benzene rings is 1. The van der Waals surface area contributed by atoms with E-state index in [4.69, 9.17) is 0 Å². The molecule has 19 heavy (non-hydrogen) atoms. The van der Waals surface area contributed by atoms with Crippen LogP contribution in [0, 0.1) is 3.57 Å². The van der Waals surface area contributed by atoms with E-state index in [1.54, 1.807) is 0 Å². The van der Waals surface area contributed by atoms with Crippen LogP contribution in [0.1, 0.15) is 11.1 Å². The van der Waals surface area contributed by atoms with Gasteiger partial charge in [-0.15, -0.1) is 0 Å². The van der Waals surface area contributed by atoms with Crippen molar-refractivity contribution in [2.24, 2.45) is 0 Å². The summed E-state index contributed by atoms with van der Waals surface area (Å²) < 4.78 is 1.27. The zero-order chi connectivity index (χ0) is 13.1. The van der Waals surface area contributed by atoms with Crippen LogP contribution in [0.4, 0.5) is 0 Å². The van der Waals surface area contributed by atoms with E-state index in [-0.39, 0.29) is 0 Å². The minimum atomic E-state index is 0.902. The highest BCUT2D eigenvalue weighted by Gasteiger charge is 2.07. The van der Waals surface area contributed by atoms with Crippen LogP contribution in [-0.4, -0.2) is 13.1 Å². The molecular formula is C16H15IN2. The number of rotatable bonds is 2. The van der Waals surface area contributed by atoms with Gasteiger partial charge in [-0.25, -0.2) is 0 Å². The maximum absolute atomic E-state index is 3.19. The van der Waals surface area contributed by atoms with Gasteiger partial charge in [0.25, 0.3) is 0 Å². The quantitative estimate of drug-likeness (QED) is 0.789. The lowest BCUT2D eigenvalue weighted by atomic mass is 9.97. The summed E-state index contributed by atoms with van der Waals surface area (Å²) in [6, 6.07) is 6.74. The van der Waals surface area contributed by atoms with Gasteiger partial charge in [-0.05, 0) is 87.6 Å². The molecule has 2 heterocycles. The Balaban J connectivity index is 2.00. The SMILES string of the molecule is Ic1cc(C2=CCNC=C2)cc(C2=CCNC=C2)c1. The summed E-state index contributed by atoms with van der Waals surface area (Å²) in [5.41, 5.74) is 5.15. The third kappa shape index (κ3) is 2.92. The Labute approximate surface area is 127 Å². The molecule has 0 aromatic heterocycles. The fourth-order valence-corrected chi connectivity index (χ4v) is 2.93. The molecule has 0 aliphatic carbocycles. The minimum absolute atomic E-state index is 0.902. The van der Waals surface area contributed by atoms with Crippen LogP contribution in [0.3, 0.4) is 0 Å². The highest BCUT2D eigenvalue weighted by Crippen LogP contribution is 2.26. The first kappa shape index (κ1) is 12.5. The van der Waals surface area contributed by atoms with Crippen molar-refractivity contribution < 1.29 is 0 Å². The van der Waals surface area contributed by atoms with Crippen molar-refractivity contribution in [2.75, 3.05) is 13.1 Å². The summed E-state index contributed by atoms with van der Waals surface area (Å²) >= 11 is 2.39. The van der Waals surface area contributed by atoms with E-state index < -0.39 is 0 Å². The van der Waals surface area contributed by atoms with Crippen LogP contribution in [-0.2, 0) is 0 Å². The molecule has 0 saturated carbocycles. The largest absolute Gasteiger partial charge is 0.387 e. The minimum Gasteiger partial charge on any atom is -0.387 e. The van der Waals surface area contributed by atoms with Crippen molar-refractivity contribution in [2.45, 2.75) is 0 Å². The number of hydrogen-bond acceptors (Lipinski definition) is 2. The Kier molecular flexibility index (Phi) is 3.73. The molecule has 2 nitrogen and oxygen atoms in total. The molecule has 2 N–H and O–H groups in total. The predicted molar refractivity (Wildman–Crippen MR) is 89.4 cm³/mol. The summed E-state index contributed by atoms with van der Waals surface area (Å²) in [5.74, 6) is 0. The van der Waals surface area contributed by atoms with Crippen LogP contribution in [0.2, 0.25) is 0 Å². The van der Waals surface area contributed by atoms with E-state index in [0.29, 0.717) is 0 Å². The van der Waals surface area contributed by atoms with Gasteiger partial charge in [-0.1, -0.05) is 12.2 Å². The molecule has 96 valence electrons. The van der Waals surface area contributed by atoms with Crippen LogP contribution in [0.25, 0.3) is 11.1 Å². The van der Waals surface area contributed by atoms with E-state index in [1.807, 2.05) is 12.4 Å². The van der Waals surface area contributed by atoms with Gasteiger partial charge in [-0.2, -0.15) is 0 Å². The average Bonchev–Trinajstić information content (AvgIpc) is 2.48. The fraction of sp³-hybridized carbons (Fsp3) is 0.125. The number of hydrogen-bond donors (Lipinski definition) is 2. The van der Waals surface area contributed by atoms with Gasteiger partial charge in [0.1, 0.15) is 0 Å². The van der Waals surface area contributed by atoms with Crippen molar-refractivity contribution in [1.29, 1.82) is 0 Å². The molecule has 3 heteroatoms. The molecule has 0 saturated heterocycles. The van der Waals surface area contributed by atoms with Gasteiger partial charge in [0, 0.05) is 16.7 Å². The summed E-state index contributed by atoms with van der Waals surface area (Å²) in [6.45, 7) is 1.80. The smallest absolute Gasteiger partial charge is 0.0334 e. The summed E-state index contributed by atoms with van der Waals surface area (Å²) in [6.07, 6.45) is 12.7. The van der Waals surface area contributed by atoms with Crippen molar-refractivity contribution in [3.8, 4) is 0 Å². The molecule has 1 aromatic carbocycles. The number of halogens is 1. The maximum Gasteiger partial charge on any atom is 0.0334 e. The average molecular weight is 362 g/mol. The second-order valence-electron chi connectivity index (χ2n) is 4.53. The lowest BCUT2D eigenvalue weighted by molar-refractivity contribution is 0.974. The molecule has 0 spiro atoms. The van der Waals surface area contributed by atoms with Gasteiger partial charge in [0.15, 0.2) is 0 Å². The van der Waals surface area contributed by atoms with Crippen molar-refractivity contribution in [3.05, 3.63) is 69.6 Å². The lowest BCUT2D eigenvalue weighted by Gasteiger charge is -2.13. The lowest BCUT2D eigenvalue weighted by Crippen LogP contribution is -2.09. The molecule has 3 rings (SSSR count). The molecule has 0 amide bonds. The molecule has 0 unspecified atom stereocenters. The van der Waals surface area contributed by atoms with Crippen molar-refractivity contribution >= 4 is 33.7 Å². The van der Waals surface area contributed by atoms with Gasteiger partial charge in [0.05, 0.1) is 0 Å². The van der Waals surface area contributed by atoms with Crippen molar-refractivity contribution in [3.63, 3.8) is 0 Å². The summed E-state index contributed by atoms with van der Waals surface area (Å²) in [5, 5.41) is 6.37. The molecule has 0 atom stereocenters. The first-order valence-electron chi connectivity index (χ1n) is 6.34. The van der Waals surface area contributed by atoms with Gasteiger partial charge in [-0.3, -0.25) is 0 Å². The van der Waals surface area contributed by atoms with E-state index in [0.717, 1.165) is 13.1 Å². The first-order valence-corrected chi connectivity index (χ1v) is 7.42. The monoisotopic (exact) mass is 362 g/mol. The Hall–Kier alpha value is -1.49. The normalized spacial score (nSPS) is 17.3. The standard InChI is InChI=1S/C16H15IN2/c17-16-10-14(12-1-5-18-6-2-12)9-15(11-16)13-3-7-19-8-4-13/h1-5,7,9-11,18-19H,6,8H2. The third-order valence-corrected chi connectivity index (χ3v) is 3.83. The molecule has 0 radical (unpaired) electrons. The predicted octanol–water partition coefficient (Wildman–Crippen LogP) is 3.29. The van der Waals surface area contributed by atoms with E-state index in [1.165, 1.54) is 25.8 Å². The zero-order valence-electron chi connectivity index (χ0n) is 10.5. The summed E-state index contributed by atoms with van der Waals surface area (Å²) in [4.78, 5) is 0. The van der Waals surface area contributed by atoms with Crippen LogP contribution >= 0.6 is 22.6 Å². The fourth-order valence-electron chi connectivity index (χ4n) is 2.26. The molecule has 2 aliphatic rings. The number of allylic oxidation sites excluding steroid dienone is 4. The van der Waals surface area contributed by atoms with Gasteiger partial charge < -0.3 is 10.6 Å². The Morgan fingerprint density at radius 2 is 1.32 bits per heavy atom. The number of nitrogens with one attached hydrogen (secondary N) is 2. The van der Waals surface area contributed by atoms with Crippen LogP contribution in [0.5, 0.6) is 0 Å². The Bertz CT molecular complexity index is 559. The first-order chi connectivity index (χ1) is 9.33. The molecule has 0 bridgehead atoms. The van der Waals surface area contributed by atoms with Crippen LogP contribution < -0.4 is 10.6 Å². The van der Waals surface area contributed by atoms with E-state index >= 15 is 0 Å². The van der Waals surface area contributed by atoms with E-state index in [2.05, 4.69) is 75.7 Å². The highest BCUT2D eigenvalue weighted by molar-refractivity contribution is 14.1. The molecule has 0 fully saturated rings. The Morgan fingerprint density at radius 1 is 0.789 bits per heavy atom. The maximum atomic E-state index is 3.19. The van der Waals surface area contributed by atoms with Crippen molar-refractivity contribution in [1.82, 2.24) is 10.6 Å². The summed E-state index contributed by atoms with van der Waals surface area (Å²) in [7, 11) is 0. The third-order valence-electron chi connectivity index (χ3n) is 3.21. The topological polar surface area (TPSA) is 24.1 Å². The molecule has 1 aromatic rings. The number of dihydropyridines is 2. The highest BCUT2D eigenvalue weighted by atomic mass is 127. The van der Waals surface area contributed by atoms with Gasteiger partial charge in [0.2, 0.25) is 0 Å². The van der Waals surface area contributed by atoms with Crippen LogP contribution in [0.15, 0.2) is 54.9 Å². The van der Waals surface area contributed by atoms with E-state index in [9.17, 15) is 0 Å². The Morgan fingerprint density at radius 3 is 1.74 bits per heavy atom. The zero-order valence-corrected chi connectivity index (χ0v) is 12.6. The molecular weight excluding hydrogens is 347 g/mol.